The molecule has 0 unspecified atom stereocenters. The molecule has 1 amide bonds. The summed E-state index contributed by atoms with van der Waals surface area (Å²) in [7, 11) is 0. The van der Waals surface area contributed by atoms with Crippen molar-refractivity contribution in [3.05, 3.63) is 47.8 Å². The van der Waals surface area contributed by atoms with E-state index in [1.165, 1.54) is 0 Å². The van der Waals surface area contributed by atoms with Gasteiger partial charge in [-0.3, -0.25) is 4.79 Å². The van der Waals surface area contributed by atoms with Gasteiger partial charge in [0.05, 0.1) is 6.10 Å². The first kappa shape index (κ1) is 14.1. The van der Waals surface area contributed by atoms with Gasteiger partial charge >= 0.3 is 0 Å². The van der Waals surface area contributed by atoms with Crippen LogP contribution in [0.4, 0.5) is 0 Å². The number of hydrogen-bond donors (Lipinski definition) is 2. The minimum atomic E-state index is -0.594. The fraction of sp³-hybridized carbons (Fsp3) is 0.353. The molecule has 120 valence electrons. The van der Waals surface area contributed by atoms with Gasteiger partial charge in [-0.2, -0.15) is 0 Å². The molecule has 3 heterocycles. The Morgan fingerprint density at radius 1 is 1.26 bits per heavy atom. The summed E-state index contributed by atoms with van der Waals surface area (Å²) < 4.78 is 10.7. The minimum Gasteiger partial charge on any atom is -0.454 e. The Balaban J connectivity index is 1.48. The number of fused-ring (bicyclic) bond motifs is 1. The Hall–Kier alpha value is -2.47. The first-order valence-corrected chi connectivity index (χ1v) is 7.72. The Bertz CT molecular complexity index is 713. The molecular formula is C17H18N2O4. The molecule has 1 saturated heterocycles. The molecule has 0 saturated carbocycles. The first-order valence-electron chi connectivity index (χ1n) is 7.72. The average Bonchev–Trinajstić information content (AvgIpc) is 3.24. The van der Waals surface area contributed by atoms with Gasteiger partial charge in [0.15, 0.2) is 11.5 Å². The summed E-state index contributed by atoms with van der Waals surface area (Å²) in [6.07, 6.45) is 1.85. The normalized spacial score (nSPS) is 23.1. The number of benzene rings is 1. The highest BCUT2D eigenvalue weighted by molar-refractivity contribution is 5.92. The standard InChI is InChI=1S/C17H18N2O4/c20-14-9-19(17(21)13-2-1-6-18-13)7-5-12(14)11-3-4-15-16(8-11)23-10-22-15/h1-4,6,8,12,14,18,20H,5,7,9-10H2/t12-,14+/m0/s1. The van der Waals surface area contributed by atoms with E-state index in [0.29, 0.717) is 25.2 Å². The van der Waals surface area contributed by atoms with Gasteiger partial charge in [0.2, 0.25) is 6.79 Å². The van der Waals surface area contributed by atoms with E-state index in [2.05, 4.69) is 4.98 Å². The summed E-state index contributed by atoms with van der Waals surface area (Å²) >= 11 is 0. The van der Waals surface area contributed by atoms with Crippen LogP contribution in [-0.2, 0) is 0 Å². The third kappa shape index (κ3) is 2.55. The zero-order valence-corrected chi connectivity index (χ0v) is 12.6. The van der Waals surface area contributed by atoms with Gasteiger partial charge in [-0.15, -0.1) is 0 Å². The van der Waals surface area contributed by atoms with Crippen LogP contribution in [0.15, 0.2) is 36.5 Å². The molecule has 1 fully saturated rings. The van der Waals surface area contributed by atoms with Crippen molar-refractivity contribution in [3.63, 3.8) is 0 Å². The lowest BCUT2D eigenvalue weighted by Crippen LogP contribution is -2.45. The molecule has 0 aliphatic carbocycles. The molecule has 0 radical (unpaired) electrons. The molecule has 6 nitrogen and oxygen atoms in total. The number of piperidine rings is 1. The van der Waals surface area contributed by atoms with Crippen LogP contribution in [0.25, 0.3) is 0 Å². The van der Waals surface area contributed by atoms with Crippen LogP contribution in [0.5, 0.6) is 11.5 Å². The summed E-state index contributed by atoms with van der Waals surface area (Å²) in [5.41, 5.74) is 1.58. The van der Waals surface area contributed by atoms with Gasteiger partial charge in [0.25, 0.3) is 5.91 Å². The Morgan fingerprint density at radius 3 is 2.91 bits per heavy atom. The number of H-pyrrole nitrogens is 1. The molecule has 0 bridgehead atoms. The van der Waals surface area contributed by atoms with Crippen LogP contribution in [0.1, 0.15) is 28.4 Å². The number of likely N-dealkylation sites (tertiary alicyclic amines) is 1. The van der Waals surface area contributed by atoms with Crippen LogP contribution >= 0.6 is 0 Å². The van der Waals surface area contributed by atoms with Crippen LogP contribution < -0.4 is 9.47 Å². The lowest BCUT2D eigenvalue weighted by atomic mass is 9.87. The smallest absolute Gasteiger partial charge is 0.270 e. The maximum atomic E-state index is 12.3. The number of β-amino-alcohol motifs (C(OH)–C–C–N with tert-alkyl or cyclic N) is 1. The predicted molar refractivity (Wildman–Crippen MR) is 82.6 cm³/mol. The van der Waals surface area contributed by atoms with Crippen molar-refractivity contribution >= 4 is 5.91 Å². The molecule has 1 aromatic carbocycles. The molecule has 2 aromatic rings. The second kappa shape index (κ2) is 5.62. The number of hydrogen-bond acceptors (Lipinski definition) is 4. The number of nitrogens with one attached hydrogen (secondary N) is 1. The van der Waals surface area contributed by atoms with E-state index < -0.39 is 6.10 Å². The predicted octanol–water partition coefficient (Wildman–Crippen LogP) is 1.73. The number of amides is 1. The topological polar surface area (TPSA) is 74.8 Å². The zero-order chi connectivity index (χ0) is 15.8. The SMILES string of the molecule is O=C(c1ccc[nH]1)N1CC[C@@H](c2ccc3c(c2)OCO3)[C@H](O)C1. The van der Waals surface area contributed by atoms with E-state index in [-0.39, 0.29) is 18.6 Å². The number of carbonyl (C=O) groups is 1. The molecule has 1 aromatic heterocycles. The number of aliphatic hydroxyl groups excluding tert-OH is 1. The van der Waals surface area contributed by atoms with Gasteiger partial charge in [-0.1, -0.05) is 6.07 Å². The van der Waals surface area contributed by atoms with Crippen molar-refractivity contribution in [3.8, 4) is 11.5 Å². The van der Waals surface area contributed by atoms with Crippen molar-refractivity contribution in [1.29, 1.82) is 0 Å². The quantitative estimate of drug-likeness (QED) is 0.885. The summed E-state index contributed by atoms with van der Waals surface area (Å²) in [5.74, 6) is 1.39. The molecule has 2 aliphatic heterocycles. The van der Waals surface area contributed by atoms with Gasteiger partial charge in [0, 0.05) is 25.2 Å². The van der Waals surface area contributed by atoms with Gasteiger partial charge < -0.3 is 24.5 Å². The molecule has 6 heteroatoms. The largest absolute Gasteiger partial charge is 0.454 e. The summed E-state index contributed by atoms with van der Waals surface area (Å²) in [5, 5.41) is 10.5. The number of carbonyl (C=O) groups excluding carboxylic acids is 1. The summed E-state index contributed by atoms with van der Waals surface area (Å²) in [6.45, 7) is 1.19. The van der Waals surface area contributed by atoms with Crippen molar-refractivity contribution in [2.75, 3.05) is 19.9 Å². The average molecular weight is 314 g/mol. The van der Waals surface area contributed by atoms with Gasteiger partial charge in [0.1, 0.15) is 5.69 Å². The van der Waals surface area contributed by atoms with E-state index in [4.69, 9.17) is 9.47 Å². The van der Waals surface area contributed by atoms with E-state index in [9.17, 15) is 9.90 Å². The van der Waals surface area contributed by atoms with Crippen LogP contribution in [0.3, 0.4) is 0 Å². The third-order valence-electron chi connectivity index (χ3n) is 4.52. The number of nitrogens with zero attached hydrogens (tertiary/aromatic N) is 1. The molecular weight excluding hydrogens is 296 g/mol. The van der Waals surface area contributed by atoms with Crippen molar-refractivity contribution in [2.24, 2.45) is 0 Å². The summed E-state index contributed by atoms with van der Waals surface area (Å²) in [6, 6.07) is 9.31. The maximum Gasteiger partial charge on any atom is 0.270 e. The fourth-order valence-electron chi connectivity index (χ4n) is 3.28. The molecule has 4 rings (SSSR count). The van der Waals surface area contributed by atoms with E-state index >= 15 is 0 Å². The molecule has 2 atom stereocenters. The number of aromatic amines is 1. The van der Waals surface area contributed by atoms with Gasteiger partial charge in [-0.25, -0.2) is 0 Å². The number of aliphatic hydroxyl groups is 1. The zero-order valence-electron chi connectivity index (χ0n) is 12.6. The monoisotopic (exact) mass is 314 g/mol. The molecule has 23 heavy (non-hydrogen) atoms. The van der Waals surface area contributed by atoms with Crippen molar-refractivity contribution in [1.82, 2.24) is 9.88 Å². The number of aromatic nitrogens is 1. The van der Waals surface area contributed by atoms with Crippen LogP contribution in [0.2, 0.25) is 0 Å². The summed E-state index contributed by atoms with van der Waals surface area (Å²) in [4.78, 5) is 17.0. The highest BCUT2D eigenvalue weighted by Crippen LogP contribution is 2.37. The Labute approximate surface area is 133 Å². The fourth-order valence-corrected chi connectivity index (χ4v) is 3.28. The van der Waals surface area contributed by atoms with Crippen molar-refractivity contribution < 1.29 is 19.4 Å². The highest BCUT2D eigenvalue weighted by Gasteiger charge is 2.32. The second-order valence-electron chi connectivity index (χ2n) is 5.91. The van der Waals surface area contributed by atoms with E-state index in [1.54, 1.807) is 23.2 Å². The Kier molecular flexibility index (Phi) is 3.46. The lowest BCUT2D eigenvalue weighted by molar-refractivity contribution is 0.0378. The maximum absolute atomic E-state index is 12.3. The number of rotatable bonds is 2. The van der Waals surface area contributed by atoms with Crippen LogP contribution in [-0.4, -0.2) is 46.9 Å². The van der Waals surface area contributed by atoms with Gasteiger partial charge in [-0.05, 0) is 36.2 Å². The lowest BCUT2D eigenvalue weighted by Gasteiger charge is -2.36. The highest BCUT2D eigenvalue weighted by atomic mass is 16.7. The number of ether oxygens (including phenoxy) is 2. The third-order valence-corrected chi connectivity index (χ3v) is 4.52. The Morgan fingerprint density at radius 2 is 2.13 bits per heavy atom. The first-order chi connectivity index (χ1) is 11.2. The molecule has 0 spiro atoms. The van der Waals surface area contributed by atoms with E-state index in [1.807, 2.05) is 18.2 Å². The molecule has 2 aliphatic rings. The van der Waals surface area contributed by atoms with E-state index in [0.717, 1.165) is 17.1 Å². The molecule has 2 N–H and O–H groups in total. The minimum absolute atomic E-state index is 0.00260. The van der Waals surface area contributed by atoms with Crippen molar-refractivity contribution in [2.45, 2.75) is 18.4 Å². The second-order valence-corrected chi connectivity index (χ2v) is 5.91. The van der Waals surface area contributed by atoms with Crippen LogP contribution in [0, 0.1) is 0 Å².